The van der Waals surface area contributed by atoms with Gasteiger partial charge in [-0.1, -0.05) is 72.9 Å². The monoisotopic (exact) mass is 814 g/mol. The summed E-state index contributed by atoms with van der Waals surface area (Å²) in [5.74, 6) is -0.0429. The molecule has 5 rings (SSSR count). The minimum Gasteiger partial charge on any atom is -0.744 e. The van der Waals surface area contributed by atoms with Crippen LogP contribution < -0.4 is 10.2 Å². The summed E-state index contributed by atoms with van der Waals surface area (Å²) in [5, 5.41) is 3.23. The van der Waals surface area contributed by atoms with Gasteiger partial charge in [0.15, 0.2) is 5.71 Å². The van der Waals surface area contributed by atoms with E-state index >= 15 is 0 Å². The number of amides is 1. The van der Waals surface area contributed by atoms with Gasteiger partial charge in [0.2, 0.25) is 11.6 Å². The number of benzene rings is 3. The van der Waals surface area contributed by atoms with Crippen molar-refractivity contribution in [3.05, 3.63) is 102 Å². The second-order valence-electron chi connectivity index (χ2n) is 12.9. The van der Waals surface area contributed by atoms with Crippen LogP contribution in [0.1, 0.15) is 45.7 Å². The third-order valence-corrected chi connectivity index (χ3v) is 11.5. The molecule has 0 saturated carbocycles. The van der Waals surface area contributed by atoms with Crippen molar-refractivity contribution < 1.29 is 35.3 Å². The number of carbonyl (C=O) groups excluding carboxylic acids is 1. The van der Waals surface area contributed by atoms with Gasteiger partial charge in [-0.25, -0.2) is 16.8 Å². The summed E-state index contributed by atoms with van der Waals surface area (Å²) in [6.07, 6.45) is 13.6. The number of carbonyl (C=O) groups is 1. The predicted octanol–water partition coefficient (Wildman–Crippen LogP) is 6.40. The van der Waals surface area contributed by atoms with Crippen molar-refractivity contribution in [2.24, 2.45) is 0 Å². The molecule has 0 saturated heterocycles. The number of nitrogens with one attached hydrogen (secondary N) is 1. The summed E-state index contributed by atoms with van der Waals surface area (Å²) in [6.45, 7) is 10.7. The molecule has 0 aromatic heterocycles. The number of likely N-dealkylation sites (N-methyl/N-ethyl adjacent to an activating group) is 1. The summed E-state index contributed by atoms with van der Waals surface area (Å²) in [5.41, 5.74) is 5.29. The first kappa shape index (κ1) is 36.6. The molecule has 0 fully saturated rings. The molecule has 1 amide bonds. The van der Waals surface area contributed by atoms with Gasteiger partial charge in [0.1, 0.15) is 27.3 Å². The van der Waals surface area contributed by atoms with Gasteiger partial charge in [-0.05, 0) is 73.5 Å². The van der Waals surface area contributed by atoms with Crippen molar-refractivity contribution in [2.75, 3.05) is 28.2 Å². The molecule has 2 aliphatic rings. The number of hydrogen-bond donors (Lipinski definition) is 1. The quantitative estimate of drug-likeness (QED) is 0.0859. The van der Waals surface area contributed by atoms with E-state index in [4.69, 9.17) is 0 Å². The molecule has 3 aromatic carbocycles. The highest BCUT2D eigenvalue weighted by Crippen LogP contribution is 2.51. The Morgan fingerprint density at radius 1 is 0.898 bits per heavy atom. The first-order valence-electron chi connectivity index (χ1n) is 15.5. The zero-order valence-electron chi connectivity index (χ0n) is 27.9. The SMILES string of the molecule is CCN1C(=CC=CC=CC=CC2=[N+](C)c3ccc(NC(=O)CI)cc3C2(C)C)C(C)(C)c2c1ccc1c(S(=O)(=O)[O-])cc(S(=O)(=O)[O-])cc21. The second-order valence-corrected chi connectivity index (χ2v) is 16.4. The molecule has 10 nitrogen and oxygen atoms in total. The molecule has 0 atom stereocenters. The molecule has 0 spiro atoms. The minimum atomic E-state index is -5.08. The molecule has 0 aliphatic carbocycles. The van der Waals surface area contributed by atoms with Gasteiger partial charge < -0.3 is 19.3 Å². The number of alkyl halides is 1. The van der Waals surface area contributed by atoms with Gasteiger partial charge in [-0.3, -0.25) is 4.79 Å². The Hall–Kier alpha value is -3.63. The van der Waals surface area contributed by atoms with Crippen LogP contribution in [0, 0.1) is 0 Å². The van der Waals surface area contributed by atoms with Gasteiger partial charge >= 0.3 is 0 Å². The number of fused-ring (bicyclic) bond motifs is 4. The number of hydrogen-bond acceptors (Lipinski definition) is 8. The summed E-state index contributed by atoms with van der Waals surface area (Å²) >= 11 is 2.04. The second kappa shape index (κ2) is 13.2. The molecule has 0 unspecified atom stereocenters. The van der Waals surface area contributed by atoms with Crippen LogP contribution in [0.5, 0.6) is 0 Å². The van der Waals surface area contributed by atoms with E-state index in [1.165, 1.54) is 6.07 Å². The van der Waals surface area contributed by atoms with E-state index in [1.807, 2.05) is 110 Å². The van der Waals surface area contributed by atoms with Crippen LogP contribution in [0.3, 0.4) is 0 Å². The lowest BCUT2D eigenvalue weighted by molar-refractivity contribution is -0.401. The van der Waals surface area contributed by atoms with Crippen LogP contribution in [0.4, 0.5) is 17.1 Å². The van der Waals surface area contributed by atoms with Crippen molar-refractivity contribution in [3.8, 4) is 0 Å². The minimum absolute atomic E-state index is 0.0429. The normalized spacial score (nSPS) is 18.1. The van der Waals surface area contributed by atoms with E-state index in [9.17, 15) is 30.7 Å². The summed E-state index contributed by atoms with van der Waals surface area (Å²) < 4.78 is 74.9. The summed E-state index contributed by atoms with van der Waals surface area (Å²) in [7, 11) is -8.11. The molecule has 0 bridgehead atoms. The van der Waals surface area contributed by atoms with Crippen LogP contribution in [0.25, 0.3) is 10.8 Å². The lowest BCUT2D eigenvalue weighted by Gasteiger charge is -2.26. The first-order chi connectivity index (χ1) is 22.8. The highest BCUT2D eigenvalue weighted by molar-refractivity contribution is 14.1. The van der Waals surface area contributed by atoms with E-state index in [0.717, 1.165) is 40.1 Å². The molecule has 13 heteroatoms. The number of rotatable bonds is 9. The molecular weight excluding hydrogens is 777 g/mol. The maximum atomic E-state index is 12.1. The highest BCUT2D eigenvalue weighted by Gasteiger charge is 2.43. The van der Waals surface area contributed by atoms with Crippen LogP contribution in [0.15, 0.2) is 100 Å². The fourth-order valence-corrected chi connectivity index (χ4v) is 8.43. The Morgan fingerprint density at radius 3 is 2.20 bits per heavy atom. The fourth-order valence-electron chi connectivity index (χ4n) is 6.93. The van der Waals surface area contributed by atoms with Gasteiger partial charge in [-0.15, -0.1) is 0 Å². The lowest BCUT2D eigenvalue weighted by atomic mass is 9.81. The van der Waals surface area contributed by atoms with E-state index in [1.54, 1.807) is 6.07 Å². The molecule has 49 heavy (non-hydrogen) atoms. The van der Waals surface area contributed by atoms with Crippen molar-refractivity contribution in [2.45, 2.75) is 55.2 Å². The van der Waals surface area contributed by atoms with E-state index in [-0.39, 0.29) is 22.1 Å². The lowest BCUT2D eigenvalue weighted by Crippen LogP contribution is -2.26. The predicted molar refractivity (Wildman–Crippen MR) is 199 cm³/mol. The first-order valence-corrected chi connectivity index (χ1v) is 19.8. The number of allylic oxidation sites excluding steroid dienone is 8. The Kier molecular flexibility index (Phi) is 9.91. The molecule has 2 aliphatic heterocycles. The van der Waals surface area contributed by atoms with Crippen molar-refractivity contribution in [1.82, 2.24) is 0 Å². The number of nitrogens with zero attached hydrogens (tertiary/aromatic N) is 2. The Labute approximate surface area is 301 Å². The van der Waals surface area contributed by atoms with Crippen LogP contribution >= 0.6 is 22.6 Å². The standard InChI is InChI=1S/C36H38IN3O7S2/c1-7-40-29-18-16-25-26(20-24(48(42,43)44)21-30(25)49(45,46)47)34(29)36(4,5)32(40)14-12-10-8-9-11-13-31-35(2,3)27-19-23(38-33(41)22-37)15-17-28(27)39(31)6/h8-21H,7,22H2,1-6H3,(H2-,38,41,42,43,44,45,46,47)/p-1. The zero-order valence-corrected chi connectivity index (χ0v) is 31.7. The smallest absolute Gasteiger partial charge is 0.234 e. The Morgan fingerprint density at radius 2 is 1.57 bits per heavy atom. The maximum absolute atomic E-state index is 12.1. The van der Waals surface area contributed by atoms with Gasteiger partial charge in [-0.2, -0.15) is 4.58 Å². The zero-order chi connectivity index (χ0) is 36.1. The molecule has 0 radical (unpaired) electrons. The number of halogens is 1. The Balaban J connectivity index is 1.42. The average Bonchev–Trinajstić information content (AvgIpc) is 3.36. The van der Waals surface area contributed by atoms with E-state index in [0.29, 0.717) is 22.6 Å². The van der Waals surface area contributed by atoms with Crippen molar-refractivity contribution >= 4 is 82.3 Å². The topological polar surface area (TPSA) is 150 Å². The van der Waals surface area contributed by atoms with Crippen LogP contribution in [0.2, 0.25) is 0 Å². The largest absolute Gasteiger partial charge is 0.744 e. The molecule has 258 valence electrons. The molecule has 3 aromatic rings. The molecule has 1 N–H and O–H groups in total. The summed E-state index contributed by atoms with van der Waals surface area (Å²) in [6, 6.07) is 11.0. The van der Waals surface area contributed by atoms with E-state index in [2.05, 4.69) is 29.8 Å². The fraction of sp³-hybridized carbons (Fsp3) is 0.278. The Bertz CT molecular complexity index is 2270. The summed E-state index contributed by atoms with van der Waals surface area (Å²) in [4.78, 5) is 12.5. The van der Waals surface area contributed by atoms with E-state index < -0.39 is 35.4 Å². The van der Waals surface area contributed by atoms with Crippen molar-refractivity contribution in [1.29, 1.82) is 0 Å². The highest BCUT2D eigenvalue weighted by atomic mass is 127. The molecular formula is C36H37IN3O7S2-. The third-order valence-electron chi connectivity index (χ3n) is 9.16. The van der Waals surface area contributed by atoms with Crippen LogP contribution in [-0.2, 0) is 35.9 Å². The van der Waals surface area contributed by atoms with Crippen molar-refractivity contribution in [3.63, 3.8) is 0 Å². The van der Waals surface area contributed by atoms with Gasteiger partial charge in [0.05, 0.1) is 19.6 Å². The molecule has 2 heterocycles. The third kappa shape index (κ3) is 6.78. The van der Waals surface area contributed by atoms with Gasteiger partial charge in [0.25, 0.3) is 0 Å². The maximum Gasteiger partial charge on any atom is 0.234 e. The van der Waals surface area contributed by atoms with Crippen LogP contribution in [-0.4, -0.2) is 60.2 Å². The van der Waals surface area contributed by atoms with Gasteiger partial charge in [0, 0.05) is 46.7 Å². The number of anilines is 2. The average molecular weight is 815 g/mol.